The molecule has 0 spiro atoms. The minimum absolute atomic E-state index is 0.615. The van der Waals surface area contributed by atoms with E-state index in [9.17, 15) is 0 Å². The summed E-state index contributed by atoms with van der Waals surface area (Å²) in [4.78, 5) is 0. The zero-order valence-corrected chi connectivity index (χ0v) is 14.1. The molecular weight excluding hydrogens is 254 g/mol. The molecule has 21 heavy (non-hydrogen) atoms. The summed E-state index contributed by atoms with van der Waals surface area (Å²) >= 11 is 0. The monoisotopic (exact) mass is 287 g/mol. The summed E-state index contributed by atoms with van der Waals surface area (Å²) in [6, 6.07) is 11.6. The lowest BCUT2D eigenvalue weighted by Gasteiger charge is -2.36. The third kappa shape index (κ3) is 5.47. The molecule has 1 fully saturated rings. The van der Waals surface area contributed by atoms with Crippen molar-refractivity contribution >= 4 is 0 Å². The molecule has 1 nitrogen and oxygen atoms in total. The molecule has 1 saturated carbocycles. The Kier molecular flexibility index (Phi) is 6.76. The van der Waals surface area contributed by atoms with Gasteiger partial charge in [-0.1, -0.05) is 63.9 Å². The number of aryl methyl sites for hydroxylation is 1. The van der Waals surface area contributed by atoms with Crippen LogP contribution < -0.4 is 5.32 Å². The maximum Gasteiger partial charge on any atom is 0.00104 e. The second kappa shape index (κ2) is 8.58. The summed E-state index contributed by atoms with van der Waals surface area (Å²) in [5.41, 5.74) is 1.51. The van der Waals surface area contributed by atoms with Crippen molar-refractivity contribution in [3.63, 3.8) is 0 Å². The van der Waals surface area contributed by atoms with Crippen LogP contribution in [0.3, 0.4) is 0 Å². The smallest absolute Gasteiger partial charge is 0.00104 e. The average molecular weight is 287 g/mol. The number of nitrogens with one attached hydrogen (secondary N) is 1. The van der Waals surface area contributed by atoms with E-state index in [1.54, 1.807) is 0 Å². The molecule has 2 rings (SSSR count). The second-order valence-electron chi connectivity index (χ2n) is 7.19. The van der Waals surface area contributed by atoms with Crippen molar-refractivity contribution in [2.45, 2.75) is 65.3 Å². The van der Waals surface area contributed by atoms with E-state index < -0.39 is 0 Å². The Hall–Kier alpha value is -0.820. The highest BCUT2D eigenvalue weighted by Gasteiger charge is 2.29. The Morgan fingerprint density at radius 1 is 1.10 bits per heavy atom. The quantitative estimate of drug-likeness (QED) is 0.739. The Labute approximate surface area is 131 Å². The van der Waals surface area contributed by atoms with Gasteiger partial charge in [0.1, 0.15) is 0 Å². The lowest BCUT2D eigenvalue weighted by Crippen LogP contribution is -2.36. The minimum Gasteiger partial charge on any atom is -0.314 e. The maximum atomic E-state index is 3.68. The molecule has 0 bridgehead atoms. The molecule has 1 N–H and O–H groups in total. The number of hydrogen-bond donors (Lipinski definition) is 1. The van der Waals surface area contributed by atoms with Crippen LogP contribution in [-0.4, -0.2) is 12.6 Å². The zero-order chi connectivity index (χ0) is 15.1. The lowest BCUT2D eigenvalue weighted by molar-refractivity contribution is 0.161. The highest BCUT2D eigenvalue weighted by Crippen LogP contribution is 2.37. The largest absolute Gasteiger partial charge is 0.314 e. The third-order valence-electron chi connectivity index (χ3n) is 5.26. The molecule has 0 aromatic heterocycles. The van der Waals surface area contributed by atoms with E-state index in [1.807, 2.05) is 0 Å². The van der Waals surface area contributed by atoms with Gasteiger partial charge in [0.2, 0.25) is 0 Å². The molecule has 0 radical (unpaired) electrons. The van der Waals surface area contributed by atoms with Crippen LogP contribution in [0.5, 0.6) is 0 Å². The van der Waals surface area contributed by atoms with Crippen LogP contribution in [0.4, 0.5) is 0 Å². The Bertz CT molecular complexity index is 384. The SMILES string of the molecule is CCC1CCC(CNC(C)C)C(CCc2ccccc2)C1. The van der Waals surface area contributed by atoms with E-state index in [4.69, 9.17) is 0 Å². The van der Waals surface area contributed by atoms with Crippen molar-refractivity contribution < 1.29 is 0 Å². The van der Waals surface area contributed by atoms with Gasteiger partial charge in [-0.25, -0.2) is 0 Å². The van der Waals surface area contributed by atoms with Crippen molar-refractivity contribution in [3.8, 4) is 0 Å². The summed E-state index contributed by atoms with van der Waals surface area (Å²) in [5.74, 6) is 2.77. The van der Waals surface area contributed by atoms with Gasteiger partial charge in [-0.15, -0.1) is 0 Å². The van der Waals surface area contributed by atoms with Crippen molar-refractivity contribution in [3.05, 3.63) is 35.9 Å². The predicted molar refractivity (Wildman–Crippen MR) is 92.5 cm³/mol. The fraction of sp³-hybridized carbons (Fsp3) is 0.700. The standard InChI is InChI=1S/C20H33N/c1-4-17-10-13-20(15-21-16(2)3)19(14-17)12-11-18-8-6-5-7-9-18/h5-9,16-17,19-21H,4,10-15H2,1-3H3. The van der Waals surface area contributed by atoms with Crippen LogP contribution in [0.1, 0.15) is 58.4 Å². The van der Waals surface area contributed by atoms with Crippen molar-refractivity contribution in [2.75, 3.05) is 6.54 Å². The first-order chi connectivity index (χ1) is 10.2. The summed E-state index contributed by atoms with van der Waals surface area (Å²) in [6.45, 7) is 8.10. The van der Waals surface area contributed by atoms with E-state index in [1.165, 1.54) is 50.6 Å². The van der Waals surface area contributed by atoms with Gasteiger partial charge in [0.05, 0.1) is 0 Å². The molecule has 1 aromatic rings. The van der Waals surface area contributed by atoms with Gasteiger partial charge in [0.15, 0.2) is 0 Å². The van der Waals surface area contributed by atoms with Crippen molar-refractivity contribution in [1.82, 2.24) is 5.32 Å². The van der Waals surface area contributed by atoms with Gasteiger partial charge in [0.25, 0.3) is 0 Å². The van der Waals surface area contributed by atoms with Gasteiger partial charge in [-0.05, 0) is 55.5 Å². The van der Waals surface area contributed by atoms with Crippen LogP contribution in [0, 0.1) is 17.8 Å². The molecule has 0 amide bonds. The fourth-order valence-corrected chi connectivity index (χ4v) is 3.80. The summed E-state index contributed by atoms with van der Waals surface area (Å²) in [5, 5.41) is 3.68. The molecule has 3 atom stereocenters. The van der Waals surface area contributed by atoms with Crippen LogP contribution in [0.25, 0.3) is 0 Å². The van der Waals surface area contributed by atoms with Gasteiger partial charge < -0.3 is 5.32 Å². The van der Waals surface area contributed by atoms with E-state index >= 15 is 0 Å². The lowest BCUT2D eigenvalue weighted by atomic mass is 9.71. The molecule has 118 valence electrons. The predicted octanol–water partition coefficient (Wildman–Crippen LogP) is 5.06. The first-order valence-electron chi connectivity index (χ1n) is 8.96. The van der Waals surface area contributed by atoms with Crippen LogP contribution >= 0.6 is 0 Å². The molecular formula is C20H33N. The first-order valence-corrected chi connectivity index (χ1v) is 8.96. The molecule has 3 unspecified atom stereocenters. The van der Waals surface area contributed by atoms with E-state index in [2.05, 4.69) is 56.4 Å². The highest BCUT2D eigenvalue weighted by molar-refractivity contribution is 5.14. The third-order valence-corrected chi connectivity index (χ3v) is 5.26. The van der Waals surface area contributed by atoms with Crippen LogP contribution in [-0.2, 0) is 6.42 Å². The normalized spacial score (nSPS) is 26.2. The number of hydrogen-bond acceptors (Lipinski definition) is 1. The Morgan fingerprint density at radius 2 is 1.86 bits per heavy atom. The van der Waals surface area contributed by atoms with Crippen LogP contribution in [0.2, 0.25) is 0 Å². The first kappa shape index (κ1) is 16.5. The highest BCUT2D eigenvalue weighted by atomic mass is 14.9. The van der Waals surface area contributed by atoms with Gasteiger partial charge >= 0.3 is 0 Å². The fourth-order valence-electron chi connectivity index (χ4n) is 3.80. The molecule has 1 heteroatoms. The number of rotatable bonds is 7. The molecule has 0 aliphatic heterocycles. The van der Waals surface area contributed by atoms with Crippen molar-refractivity contribution in [2.24, 2.45) is 17.8 Å². The topological polar surface area (TPSA) is 12.0 Å². The van der Waals surface area contributed by atoms with Gasteiger partial charge in [0, 0.05) is 6.04 Å². The minimum atomic E-state index is 0.615. The van der Waals surface area contributed by atoms with Gasteiger partial charge in [-0.2, -0.15) is 0 Å². The molecule has 1 aromatic carbocycles. The van der Waals surface area contributed by atoms with Crippen molar-refractivity contribution in [1.29, 1.82) is 0 Å². The zero-order valence-electron chi connectivity index (χ0n) is 14.1. The summed E-state index contributed by atoms with van der Waals surface area (Å²) < 4.78 is 0. The van der Waals surface area contributed by atoms with E-state index in [0.717, 1.165) is 17.8 Å². The number of benzene rings is 1. The molecule has 0 heterocycles. The van der Waals surface area contributed by atoms with Crippen LogP contribution in [0.15, 0.2) is 30.3 Å². The Balaban J connectivity index is 1.89. The Morgan fingerprint density at radius 3 is 2.52 bits per heavy atom. The second-order valence-corrected chi connectivity index (χ2v) is 7.19. The molecule has 1 aliphatic carbocycles. The summed E-state index contributed by atoms with van der Waals surface area (Å²) in [7, 11) is 0. The van der Waals surface area contributed by atoms with Gasteiger partial charge in [-0.3, -0.25) is 0 Å². The molecule has 1 aliphatic rings. The van der Waals surface area contributed by atoms with E-state index in [0.29, 0.717) is 6.04 Å². The maximum absolute atomic E-state index is 3.68. The summed E-state index contributed by atoms with van der Waals surface area (Å²) in [6.07, 6.45) is 8.31. The van der Waals surface area contributed by atoms with E-state index in [-0.39, 0.29) is 0 Å². The average Bonchev–Trinajstić information content (AvgIpc) is 2.52. The molecule has 0 saturated heterocycles.